The van der Waals surface area contributed by atoms with Gasteiger partial charge in [-0.05, 0) is 24.0 Å². The van der Waals surface area contributed by atoms with E-state index in [2.05, 4.69) is 10.6 Å². The van der Waals surface area contributed by atoms with Crippen LogP contribution in [0.1, 0.15) is 38.2 Å². The molecule has 4 amide bonds. The number of esters is 1. The van der Waals surface area contributed by atoms with Crippen LogP contribution in [0.25, 0.3) is 0 Å². The second-order valence-corrected chi connectivity index (χ2v) is 6.26. The number of ether oxygens (including phenoxy) is 1. The number of carbonyl (C=O) groups is 4. The van der Waals surface area contributed by atoms with Crippen molar-refractivity contribution in [2.24, 2.45) is 0 Å². The van der Waals surface area contributed by atoms with Crippen molar-refractivity contribution >= 4 is 29.5 Å². The molecule has 0 bridgehead atoms. The SMILES string of the molecule is CC(C)c1ccccc1NC(=O)COC(=O)CCCN1C(=O)CNC1=O. The maximum absolute atomic E-state index is 12.0. The van der Waals surface area contributed by atoms with Crippen molar-refractivity contribution in [3.05, 3.63) is 29.8 Å². The first kappa shape index (κ1) is 19.4. The molecule has 1 aliphatic rings. The lowest BCUT2D eigenvalue weighted by Crippen LogP contribution is -2.32. The molecule has 26 heavy (non-hydrogen) atoms. The molecule has 1 saturated heterocycles. The summed E-state index contributed by atoms with van der Waals surface area (Å²) in [5.41, 5.74) is 1.70. The minimum absolute atomic E-state index is 0.0126. The normalized spacial score (nSPS) is 13.7. The first-order valence-corrected chi connectivity index (χ1v) is 8.51. The Morgan fingerprint density at radius 1 is 1.27 bits per heavy atom. The van der Waals surface area contributed by atoms with Crippen molar-refractivity contribution in [2.45, 2.75) is 32.6 Å². The van der Waals surface area contributed by atoms with Gasteiger partial charge in [-0.15, -0.1) is 0 Å². The fraction of sp³-hybridized carbons (Fsp3) is 0.444. The molecule has 0 saturated carbocycles. The predicted octanol–water partition coefficient (Wildman–Crippen LogP) is 1.62. The zero-order valence-corrected chi connectivity index (χ0v) is 14.9. The number of benzene rings is 1. The Hall–Kier alpha value is -2.90. The van der Waals surface area contributed by atoms with Gasteiger partial charge in [0.05, 0.1) is 6.54 Å². The van der Waals surface area contributed by atoms with Crippen molar-refractivity contribution in [3.8, 4) is 0 Å². The number of amides is 4. The average Bonchev–Trinajstić information content (AvgIpc) is 2.92. The monoisotopic (exact) mass is 361 g/mol. The van der Waals surface area contributed by atoms with Gasteiger partial charge in [-0.25, -0.2) is 4.79 Å². The molecule has 1 heterocycles. The maximum Gasteiger partial charge on any atom is 0.324 e. The molecule has 0 aliphatic carbocycles. The third kappa shape index (κ3) is 5.30. The van der Waals surface area contributed by atoms with Crippen LogP contribution in [0.4, 0.5) is 10.5 Å². The number of rotatable bonds is 8. The zero-order chi connectivity index (χ0) is 19.1. The summed E-state index contributed by atoms with van der Waals surface area (Å²) in [6, 6.07) is 7.00. The standard InChI is InChI=1S/C18H23N3O5/c1-12(2)13-6-3-4-7-14(13)20-15(22)11-26-17(24)8-5-9-21-16(23)10-19-18(21)25/h3-4,6-7,12H,5,8-11H2,1-2H3,(H,19,25)(H,20,22). The predicted molar refractivity (Wildman–Crippen MR) is 94.5 cm³/mol. The number of nitrogens with one attached hydrogen (secondary N) is 2. The summed E-state index contributed by atoms with van der Waals surface area (Å²) in [6.45, 7) is 3.80. The van der Waals surface area contributed by atoms with E-state index < -0.39 is 17.9 Å². The first-order valence-electron chi connectivity index (χ1n) is 8.51. The number of hydrogen-bond donors (Lipinski definition) is 2. The Morgan fingerprint density at radius 3 is 2.65 bits per heavy atom. The lowest BCUT2D eigenvalue weighted by atomic mass is 10.0. The van der Waals surface area contributed by atoms with E-state index in [-0.39, 0.29) is 44.4 Å². The van der Waals surface area contributed by atoms with Crippen LogP contribution in [0.15, 0.2) is 24.3 Å². The van der Waals surface area contributed by atoms with Gasteiger partial charge in [0.15, 0.2) is 6.61 Å². The summed E-state index contributed by atoms with van der Waals surface area (Å²) in [5, 5.41) is 5.14. The molecule has 2 rings (SSSR count). The molecule has 2 N–H and O–H groups in total. The minimum Gasteiger partial charge on any atom is -0.456 e. The molecule has 140 valence electrons. The van der Waals surface area contributed by atoms with E-state index in [0.29, 0.717) is 5.69 Å². The largest absolute Gasteiger partial charge is 0.456 e. The summed E-state index contributed by atoms with van der Waals surface area (Å²) >= 11 is 0. The highest BCUT2D eigenvalue weighted by Gasteiger charge is 2.27. The molecule has 1 fully saturated rings. The number of hydrogen-bond acceptors (Lipinski definition) is 5. The molecule has 8 nitrogen and oxygen atoms in total. The molecule has 1 aromatic carbocycles. The van der Waals surface area contributed by atoms with Crippen molar-refractivity contribution in [1.29, 1.82) is 0 Å². The van der Waals surface area contributed by atoms with E-state index in [0.717, 1.165) is 10.5 Å². The lowest BCUT2D eigenvalue weighted by Gasteiger charge is -2.14. The Labute approximate surface area is 151 Å². The number of carbonyl (C=O) groups excluding carboxylic acids is 4. The number of nitrogens with zero attached hydrogens (tertiary/aromatic N) is 1. The lowest BCUT2D eigenvalue weighted by molar-refractivity contribution is -0.147. The van der Waals surface area contributed by atoms with Crippen molar-refractivity contribution in [3.63, 3.8) is 0 Å². The van der Waals surface area contributed by atoms with Crippen LogP contribution in [-0.2, 0) is 19.1 Å². The third-order valence-electron chi connectivity index (χ3n) is 3.92. The molecule has 0 aromatic heterocycles. The van der Waals surface area contributed by atoms with Crippen molar-refractivity contribution < 1.29 is 23.9 Å². The second kappa shape index (κ2) is 8.98. The van der Waals surface area contributed by atoms with Gasteiger partial charge in [-0.3, -0.25) is 19.3 Å². The second-order valence-electron chi connectivity index (χ2n) is 6.26. The van der Waals surface area contributed by atoms with Crippen LogP contribution in [0, 0.1) is 0 Å². The van der Waals surface area contributed by atoms with Gasteiger partial charge in [0.1, 0.15) is 0 Å². The smallest absolute Gasteiger partial charge is 0.324 e. The van der Waals surface area contributed by atoms with E-state index >= 15 is 0 Å². The van der Waals surface area contributed by atoms with E-state index in [1.807, 2.05) is 32.0 Å². The molecule has 1 aliphatic heterocycles. The van der Waals surface area contributed by atoms with Crippen molar-refractivity contribution in [2.75, 3.05) is 25.0 Å². The van der Waals surface area contributed by atoms with E-state index in [1.54, 1.807) is 6.07 Å². The number of imide groups is 1. The van der Waals surface area contributed by atoms with Gasteiger partial charge in [-0.1, -0.05) is 32.0 Å². The number of urea groups is 1. The minimum atomic E-state index is -0.552. The summed E-state index contributed by atoms with van der Waals surface area (Å²) in [6.07, 6.45) is 0.308. The fourth-order valence-electron chi connectivity index (χ4n) is 2.58. The van der Waals surface area contributed by atoms with Gasteiger partial charge in [-0.2, -0.15) is 0 Å². The highest BCUT2D eigenvalue weighted by Crippen LogP contribution is 2.23. The Bertz CT molecular complexity index is 686. The summed E-state index contributed by atoms with van der Waals surface area (Å²) in [4.78, 5) is 47.5. The Balaban J connectivity index is 1.71. The van der Waals surface area contributed by atoms with Gasteiger partial charge < -0.3 is 15.4 Å². The van der Waals surface area contributed by atoms with Crippen LogP contribution in [0.2, 0.25) is 0 Å². The summed E-state index contributed by atoms with van der Waals surface area (Å²) in [5.74, 6) is -1.03. The van der Waals surface area contributed by atoms with Crippen LogP contribution >= 0.6 is 0 Å². The zero-order valence-electron chi connectivity index (χ0n) is 14.9. The third-order valence-corrected chi connectivity index (χ3v) is 3.92. The molecule has 0 spiro atoms. The van der Waals surface area contributed by atoms with E-state index in [1.165, 1.54) is 0 Å². The first-order chi connectivity index (χ1) is 12.4. The quantitative estimate of drug-likeness (QED) is 0.541. The van der Waals surface area contributed by atoms with Gasteiger partial charge in [0, 0.05) is 18.7 Å². The molecular weight excluding hydrogens is 338 g/mol. The molecular formula is C18H23N3O5. The molecule has 1 aromatic rings. The number of anilines is 1. The fourth-order valence-corrected chi connectivity index (χ4v) is 2.58. The summed E-state index contributed by atoms with van der Waals surface area (Å²) in [7, 11) is 0. The number of para-hydroxylation sites is 1. The molecule has 8 heteroatoms. The van der Waals surface area contributed by atoms with Crippen LogP contribution in [0.5, 0.6) is 0 Å². The average molecular weight is 361 g/mol. The topological polar surface area (TPSA) is 105 Å². The van der Waals surface area contributed by atoms with Crippen LogP contribution in [0.3, 0.4) is 0 Å². The Kier molecular flexibility index (Phi) is 6.71. The van der Waals surface area contributed by atoms with Crippen LogP contribution < -0.4 is 10.6 Å². The van der Waals surface area contributed by atoms with Crippen LogP contribution in [-0.4, -0.2) is 48.4 Å². The van der Waals surface area contributed by atoms with Gasteiger partial charge >= 0.3 is 12.0 Å². The highest BCUT2D eigenvalue weighted by atomic mass is 16.5. The van der Waals surface area contributed by atoms with Gasteiger partial charge in [0.25, 0.3) is 5.91 Å². The van der Waals surface area contributed by atoms with Gasteiger partial charge in [0.2, 0.25) is 5.91 Å². The Morgan fingerprint density at radius 2 is 2.00 bits per heavy atom. The maximum atomic E-state index is 12.0. The van der Waals surface area contributed by atoms with E-state index in [4.69, 9.17) is 4.74 Å². The summed E-state index contributed by atoms with van der Waals surface area (Å²) < 4.78 is 4.94. The molecule has 0 unspecified atom stereocenters. The molecule has 0 atom stereocenters. The molecule has 0 radical (unpaired) electrons. The highest BCUT2D eigenvalue weighted by molar-refractivity contribution is 6.01. The van der Waals surface area contributed by atoms with Crippen molar-refractivity contribution in [1.82, 2.24) is 10.2 Å². The van der Waals surface area contributed by atoms with E-state index in [9.17, 15) is 19.2 Å².